The van der Waals surface area contributed by atoms with E-state index in [1.807, 2.05) is 0 Å². The molecule has 2 N–H and O–H groups in total. The molecule has 152 valence electrons. The predicted molar refractivity (Wildman–Crippen MR) is 105 cm³/mol. The van der Waals surface area contributed by atoms with Gasteiger partial charge in [-0.3, -0.25) is 4.79 Å². The van der Waals surface area contributed by atoms with E-state index in [4.69, 9.17) is 14.9 Å². The van der Waals surface area contributed by atoms with Crippen molar-refractivity contribution in [3.63, 3.8) is 0 Å². The second-order valence-corrected chi connectivity index (χ2v) is 6.41. The molecule has 27 heavy (non-hydrogen) atoms. The van der Waals surface area contributed by atoms with Crippen LogP contribution in [0.1, 0.15) is 91.8 Å². The summed E-state index contributed by atoms with van der Waals surface area (Å²) in [5, 5.41) is 18.0. The summed E-state index contributed by atoms with van der Waals surface area (Å²) in [7, 11) is 0. The van der Waals surface area contributed by atoms with Crippen molar-refractivity contribution in [3.8, 4) is 5.75 Å². The molecule has 1 aromatic rings. The van der Waals surface area contributed by atoms with Crippen LogP contribution < -0.4 is 4.74 Å². The van der Waals surface area contributed by atoms with Gasteiger partial charge in [0, 0.05) is 6.42 Å². The highest BCUT2D eigenvalue weighted by Gasteiger charge is 2.14. The maximum Gasteiger partial charge on any atom is 0.335 e. The number of unbranched alkanes of at least 4 members (excludes halogenated alkanes) is 8. The number of carboxylic acid groups (broad SMARTS) is 2. The van der Waals surface area contributed by atoms with Crippen LogP contribution in [0, 0.1) is 0 Å². The van der Waals surface area contributed by atoms with Gasteiger partial charge in [-0.2, -0.15) is 0 Å². The fraction of sp³-hybridized carbons (Fsp3) is 0.550. The fourth-order valence-electron chi connectivity index (χ4n) is 2.67. The first-order chi connectivity index (χ1) is 12.4. The van der Waals surface area contributed by atoms with Gasteiger partial charge in [0.25, 0.3) is 0 Å². The number of rotatable bonds is 13. The quantitative estimate of drug-likeness (QED) is 0.263. The molecule has 6 nitrogen and oxygen atoms in total. The molecule has 0 heterocycles. The Morgan fingerprint density at radius 2 is 1.22 bits per heavy atom. The van der Waals surface area contributed by atoms with E-state index < -0.39 is 17.9 Å². The maximum atomic E-state index is 11.9. The summed E-state index contributed by atoms with van der Waals surface area (Å²) in [6.07, 6.45) is 10.4. The van der Waals surface area contributed by atoms with E-state index in [1.165, 1.54) is 38.5 Å². The van der Waals surface area contributed by atoms with E-state index in [2.05, 4.69) is 6.92 Å². The topological polar surface area (TPSA) is 101 Å². The standard InChI is InChI=1S/C20H28O6.ClH/c1-2-3-4-5-6-7-8-9-10-11-18(21)26-17-13-15(19(22)23)12-16(14-17)20(24)25;/h12-14H,2-11H2,1H3,(H,22,23)(H,24,25);1H. The van der Waals surface area contributed by atoms with Gasteiger partial charge in [-0.05, 0) is 24.6 Å². The van der Waals surface area contributed by atoms with Gasteiger partial charge < -0.3 is 14.9 Å². The molecule has 1 aromatic carbocycles. The van der Waals surface area contributed by atoms with Gasteiger partial charge in [0.1, 0.15) is 5.75 Å². The largest absolute Gasteiger partial charge is 0.478 e. The molecule has 0 aliphatic heterocycles. The Balaban J connectivity index is 0.00000676. The monoisotopic (exact) mass is 400 g/mol. The second-order valence-electron chi connectivity index (χ2n) is 6.41. The Hall–Kier alpha value is -2.08. The van der Waals surface area contributed by atoms with Gasteiger partial charge in [-0.15, -0.1) is 12.4 Å². The lowest BCUT2D eigenvalue weighted by Crippen LogP contribution is -2.10. The number of esters is 1. The second kappa shape index (κ2) is 14.0. The number of carboxylic acids is 2. The molecule has 0 atom stereocenters. The van der Waals surface area contributed by atoms with Crippen molar-refractivity contribution in [2.45, 2.75) is 71.1 Å². The van der Waals surface area contributed by atoms with Gasteiger partial charge in [0.05, 0.1) is 11.1 Å². The SMILES string of the molecule is CCCCCCCCCCCC(=O)Oc1cc(C(=O)O)cc(C(=O)O)c1.Cl. The molecule has 0 radical (unpaired) electrons. The van der Waals surface area contributed by atoms with Crippen molar-refractivity contribution < 1.29 is 29.3 Å². The molecule has 0 fully saturated rings. The molecule has 0 spiro atoms. The number of hydrogen-bond acceptors (Lipinski definition) is 4. The smallest absolute Gasteiger partial charge is 0.335 e. The predicted octanol–water partition coefficient (Wildman–Crippen LogP) is 5.33. The first-order valence-electron chi connectivity index (χ1n) is 9.26. The van der Waals surface area contributed by atoms with Crippen LogP contribution in [0.25, 0.3) is 0 Å². The summed E-state index contributed by atoms with van der Waals surface area (Å²) in [6.45, 7) is 2.19. The minimum atomic E-state index is -1.27. The van der Waals surface area contributed by atoms with E-state index in [9.17, 15) is 14.4 Å². The van der Waals surface area contributed by atoms with Crippen molar-refractivity contribution >= 4 is 30.3 Å². The molecule has 0 amide bonds. The first-order valence-corrected chi connectivity index (χ1v) is 9.26. The molecule has 0 bridgehead atoms. The number of halogens is 1. The van der Waals surface area contributed by atoms with Crippen LogP contribution >= 0.6 is 12.4 Å². The van der Waals surface area contributed by atoms with Gasteiger partial charge >= 0.3 is 17.9 Å². The van der Waals surface area contributed by atoms with Gasteiger partial charge in [0.2, 0.25) is 0 Å². The molecule has 0 aliphatic rings. The Bertz CT molecular complexity index is 582. The summed E-state index contributed by atoms with van der Waals surface area (Å²) in [6, 6.07) is 3.34. The third-order valence-electron chi connectivity index (χ3n) is 4.12. The van der Waals surface area contributed by atoms with Crippen LogP contribution in [0.5, 0.6) is 5.75 Å². The average molecular weight is 401 g/mol. The van der Waals surface area contributed by atoms with Gasteiger partial charge in [0.15, 0.2) is 0 Å². The van der Waals surface area contributed by atoms with Crippen molar-refractivity contribution in [3.05, 3.63) is 29.3 Å². The van der Waals surface area contributed by atoms with Crippen molar-refractivity contribution in [2.75, 3.05) is 0 Å². The number of carbonyl (C=O) groups is 3. The zero-order chi connectivity index (χ0) is 19.4. The Kier molecular flexibility index (Phi) is 13.0. The lowest BCUT2D eigenvalue weighted by molar-refractivity contribution is -0.134. The number of benzene rings is 1. The summed E-state index contributed by atoms with van der Waals surface area (Å²) in [5.74, 6) is -3.08. The summed E-state index contributed by atoms with van der Waals surface area (Å²) < 4.78 is 5.10. The summed E-state index contributed by atoms with van der Waals surface area (Å²) in [5.41, 5.74) is -0.452. The third-order valence-corrected chi connectivity index (χ3v) is 4.12. The Morgan fingerprint density at radius 3 is 1.67 bits per heavy atom. The Labute approximate surface area is 166 Å². The van der Waals surface area contributed by atoms with Crippen molar-refractivity contribution in [2.24, 2.45) is 0 Å². The normalized spacial score (nSPS) is 10.1. The lowest BCUT2D eigenvalue weighted by Gasteiger charge is -2.07. The molecule has 0 aliphatic carbocycles. The van der Waals surface area contributed by atoms with Gasteiger partial charge in [-0.25, -0.2) is 9.59 Å². The maximum absolute atomic E-state index is 11.9. The van der Waals surface area contributed by atoms with Gasteiger partial charge in [-0.1, -0.05) is 58.3 Å². The van der Waals surface area contributed by atoms with E-state index in [-0.39, 0.29) is 35.7 Å². The molecular weight excluding hydrogens is 372 g/mol. The lowest BCUT2D eigenvalue weighted by atomic mass is 10.1. The van der Waals surface area contributed by atoms with E-state index in [0.29, 0.717) is 6.42 Å². The minimum absolute atomic E-state index is 0. The van der Waals surface area contributed by atoms with Crippen LogP contribution in [-0.4, -0.2) is 28.1 Å². The number of hydrogen-bond donors (Lipinski definition) is 2. The number of ether oxygens (including phenoxy) is 1. The zero-order valence-corrected chi connectivity index (χ0v) is 16.6. The highest BCUT2D eigenvalue weighted by Crippen LogP contribution is 2.19. The van der Waals surface area contributed by atoms with Crippen molar-refractivity contribution in [1.82, 2.24) is 0 Å². The molecule has 1 rings (SSSR count). The molecule has 0 saturated carbocycles. The molecule has 0 unspecified atom stereocenters. The Morgan fingerprint density at radius 1 is 0.778 bits per heavy atom. The average Bonchev–Trinajstić information content (AvgIpc) is 2.59. The molecule has 0 aromatic heterocycles. The summed E-state index contributed by atoms with van der Waals surface area (Å²) >= 11 is 0. The highest BCUT2D eigenvalue weighted by atomic mass is 35.5. The number of carbonyl (C=O) groups excluding carboxylic acids is 1. The van der Waals surface area contributed by atoms with E-state index in [0.717, 1.165) is 31.0 Å². The minimum Gasteiger partial charge on any atom is -0.478 e. The third kappa shape index (κ3) is 10.6. The fourth-order valence-corrected chi connectivity index (χ4v) is 2.67. The number of aromatic carboxylic acids is 2. The van der Waals surface area contributed by atoms with Crippen LogP contribution in [-0.2, 0) is 4.79 Å². The highest BCUT2D eigenvalue weighted by molar-refractivity contribution is 5.94. The summed E-state index contributed by atoms with van der Waals surface area (Å²) in [4.78, 5) is 33.9. The first kappa shape index (κ1) is 24.9. The molecular formula is C20H29ClO6. The van der Waals surface area contributed by atoms with Crippen LogP contribution in [0.2, 0.25) is 0 Å². The van der Waals surface area contributed by atoms with E-state index in [1.54, 1.807) is 0 Å². The van der Waals surface area contributed by atoms with E-state index >= 15 is 0 Å². The van der Waals surface area contributed by atoms with Crippen molar-refractivity contribution in [1.29, 1.82) is 0 Å². The zero-order valence-electron chi connectivity index (χ0n) is 15.7. The van der Waals surface area contributed by atoms with Crippen LogP contribution in [0.3, 0.4) is 0 Å². The van der Waals surface area contributed by atoms with Crippen LogP contribution in [0.4, 0.5) is 0 Å². The molecule has 7 heteroatoms. The molecule has 0 saturated heterocycles. The van der Waals surface area contributed by atoms with Crippen LogP contribution in [0.15, 0.2) is 18.2 Å².